The van der Waals surface area contributed by atoms with Crippen molar-refractivity contribution in [1.82, 2.24) is 0 Å². The van der Waals surface area contributed by atoms with Gasteiger partial charge in [-0.15, -0.1) is 0 Å². The third-order valence-electron chi connectivity index (χ3n) is 2.14. The highest BCUT2D eigenvalue weighted by Crippen LogP contribution is 2.26. The summed E-state index contributed by atoms with van der Waals surface area (Å²) >= 11 is 0. The second-order valence-electron chi connectivity index (χ2n) is 3.30. The number of allylic oxidation sites excluding steroid dienone is 1. The van der Waals surface area contributed by atoms with Gasteiger partial charge in [0.25, 0.3) is 0 Å². The van der Waals surface area contributed by atoms with E-state index in [1.165, 1.54) is 24.5 Å². The molecule has 1 unspecified atom stereocenters. The summed E-state index contributed by atoms with van der Waals surface area (Å²) in [6.45, 7) is 0. The molecule has 1 atom stereocenters. The Balaban J connectivity index is 2.29. The quantitative estimate of drug-likeness (QED) is 0.711. The van der Waals surface area contributed by atoms with Crippen LogP contribution in [0.3, 0.4) is 0 Å². The minimum Gasteiger partial charge on any atom is -0.493 e. The lowest BCUT2D eigenvalue weighted by Gasteiger charge is -2.18. The lowest BCUT2D eigenvalue weighted by molar-refractivity contribution is -0.118. The molecule has 78 valence electrons. The van der Waals surface area contributed by atoms with Gasteiger partial charge in [-0.2, -0.15) is 0 Å². The summed E-state index contributed by atoms with van der Waals surface area (Å²) in [5, 5.41) is 0. The van der Waals surface area contributed by atoms with E-state index in [1.807, 2.05) is 0 Å². The van der Waals surface area contributed by atoms with Crippen molar-refractivity contribution < 1.29 is 18.3 Å². The van der Waals surface area contributed by atoms with E-state index in [-0.39, 0.29) is 12.2 Å². The van der Waals surface area contributed by atoms with Crippen molar-refractivity contribution in [2.24, 2.45) is 0 Å². The molecule has 15 heavy (non-hydrogen) atoms. The van der Waals surface area contributed by atoms with Crippen LogP contribution >= 0.6 is 0 Å². The number of ether oxygens (including phenoxy) is 1. The fourth-order valence-corrected chi connectivity index (χ4v) is 1.47. The van der Waals surface area contributed by atoms with Gasteiger partial charge in [0.1, 0.15) is 17.7 Å². The number of hydrogen-bond donors (Lipinski definition) is 0. The van der Waals surface area contributed by atoms with Crippen molar-refractivity contribution in [3.8, 4) is 0 Å². The molecule has 0 aliphatic carbocycles. The van der Waals surface area contributed by atoms with E-state index < -0.39 is 17.7 Å². The van der Waals surface area contributed by atoms with Gasteiger partial charge in [0.2, 0.25) is 0 Å². The highest BCUT2D eigenvalue weighted by Gasteiger charge is 2.19. The highest BCUT2D eigenvalue weighted by molar-refractivity contribution is 5.90. The minimum atomic E-state index is -0.671. The van der Waals surface area contributed by atoms with Gasteiger partial charge in [0.15, 0.2) is 5.78 Å². The first-order chi connectivity index (χ1) is 7.15. The zero-order valence-corrected chi connectivity index (χ0v) is 7.74. The van der Waals surface area contributed by atoms with E-state index >= 15 is 0 Å². The normalized spacial score (nSPS) is 20.1. The topological polar surface area (TPSA) is 26.3 Å². The molecule has 1 aliphatic heterocycles. The maximum atomic E-state index is 12.9. The van der Waals surface area contributed by atoms with E-state index in [4.69, 9.17) is 4.74 Å². The smallest absolute Gasteiger partial charge is 0.162 e. The van der Waals surface area contributed by atoms with Crippen molar-refractivity contribution in [3.05, 3.63) is 47.7 Å². The molecule has 1 heterocycles. The molecule has 0 bridgehead atoms. The largest absolute Gasteiger partial charge is 0.493 e. The fourth-order valence-electron chi connectivity index (χ4n) is 1.47. The minimum absolute atomic E-state index is 0.111. The van der Waals surface area contributed by atoms with Crippen LogP contribution in [0.15, 0.2) is 30.5 Å². The number of rotatable bonds is 1. The number of benzene rings is 1. The molecular formula is C11H8F2O2. The molecule has 1 aromatic carbocycles. The molecule has 1 aliphatic rings. The Kier molecular flexibility index (Phi) is 2.49. The number of halogens is 2. The third kappa shape index (κ3) is 2.21. The van der Waals surface area contributed by atoms with Gasteiger partial charge in [-0.25, -0.2) is 8.78 Å². The average molecular weight is 210 g/mol. The standard InChI is InChI=1S/C11H8F2O2/c12-8-3-7(4-9(13)5-8)11-6-10(14)1-2-15-11/h1-5,11H,6H2. The van der Waals surface area contributed by atoms with Crippen LogP contribution in [0.5, 0.6) is 0 Å². The van der Waals surface area contributed by atoms with Crippen molar-refractivity contribution in [2.75, 3.05) is 0 Å². The van der Waals surface area contributed by atoms with Gasteiger partial charge < -0.3 is 4.74 Å². The van der Waals surface area contributed by atoms with Crippen LogP contribution in [0.2, 0.25) is 0 Å². The maximum Gasteiger partial charge on any atom is 0.162 e. The zero-order chi connectivity index (χ0) is 10.8. The predicted molar refractivity (Wildman–Crippen MR) is 48.9 cm³/mol. The van der Waals surface area contributed by atoms with Gasteiger partial charge in [-0.3, -0.25) is 4.79 Å². The molecule has 0 aromatic heterocycles. The summed E-state index contributed by atoms with van der Waals surface area (Å²) in [7, 11) is 0. The van der Waals surface area contributed by atoms with Crippen LogP contribution in [0.4, 0.5) is 8.78 Å². The summed E-state index contributed by atoms with van der Waals surface area (Å²) in [4.78, 5) is 11.1. The summed E-state index contributed by atoms with van der Waals surface area (Å²) in [5.74, 6) is -1.46. The van der Waals surface area contributed by atoms with E-state index in [2.05, 4.69) is 0 Å². The fraction of sp³-hybridized carbons (Fsp3) is 0.182. The molecule has 0 saturated carbocycles. The van der Waals surface area contributed by atoms with Gasteiger partial charge in [-0.05, 0) is 17.7 Å². The molecule has 1 aromatic rings. The summed E-state index contributed by atoms with van der Waals surface area (Å²) < 4.78 is 30.9. The first-order valence-electron chi connectivity index (χ1n) is 4.46. The van der Waals surface area contributed by atoms with Gasteiger partial charge in [0.05, 0.1) is 12.7 Å². The Morgan fingerprint density at radius 1 is 1.20 bits per heavy atom. The van der Waals surface area contributed by atoms with Crippen LogP contribution in [-0.4, -0.2) is 5.78 Å². The van der Waals surface area contributed by atoms with Gasteiger partial charge in [0, 0.05) is 12.1 Å². The Morgan fingerprint density at radius 2 is 1.87 bits per heavy atom. The number of carbonyl (C=O) groups excluding carboxylic acids is 1. The molecule has 0 N–H and O–H groups in total. The molecule has 0 radical (unpaired) electrons. The van der Waals surface area contributed by atoms with Crippen LogP contribution < -0.4 is 0 Å². The summed E-state index contributed by atoms with van der Waals surface area (Å²) in [6, 6.07) is 3.12. The van der Waals surface area contributed by atoms with Crippen molar-refractivity contribution in [2.45, 2.75) is 12.5 Å². The number of ketones is 1. The van der Waals surface area contributed by atoms with Gasteiger partial charge >= 0.3 is 0 Å². The predicted octanol–water partition coefficient (Wildman–Crippen LogP) is 2.51. The Morgan fingerprint density at radius 3 is 2.47 bits per heavy atom. The lowest BCUT2D eigenvalue weighted by atomic mass is 10.0. The lowest BCUT2D eigenvalue weighted by Crippen LogP contribution is -2.11. The van der Waals surface area contributed by atoms with Crippen LogP contribution in [0.1, 0.15) is 18.1 Å². The Labute approximate surface area is 85.2 Å². The average Bonchev–Trinajstić information content (AvgIpc) is 2.16. The molecule has 2 rings (SSSR count). The second kappa shape index (κ2) is 3.81. The van der Waals surface area contributed by atoms with Crippen molar-refractivity contribution >= 4 is 5.78 Å². The summed E-state index contributed by atoms with van der Waals surface area (Å²) in [5.41, 5.74) is 0.338. The number of hydrogen-bond acceptors (Lipinski definition) is 2. The monoisotopic (exact) mass is 210 g/mol. The summed E-state index contributed by atoms with van der Waals surface area (Å²) in [6.07, 6.45) is 2.07. The Hall–Kier alpha value is -1.71. The SMILES string of the molecule is O=C1C=COC(c2cc(F)cc(F)c2)C1. The molecule has 0 fully saturated rings. The third-order valence-corrected chi connectivity index (χ3v) is 2.14. The Bertz CT molecular complexity index is 406. The molecular weight excluding hydrogens is 202 g/mol. The molecule has 2 nitrogen and oxygen atoms in total. The molecule has 0 amide bonds. The van der Waals surface area contributed by atoms with Crippen molar-refractivity contribution in [1.29, 1.82) is 0 Å². The first kappa shape index (κ1) is 9.83. The van der Waals surface area contributed by atoms with Crippen molar-refractivity contribution in [3.63, 3.8) is 0 Å². The molecule has 0 spiro atoms. The molecule has 4 heteroatoms. The maximum absolute atomic E-state index is 12.9. The second-order valence-corrected chi connectivity index (χ2v) is 3.30. The van der Waals surface area contributed by atoms with E-state index in [9.17, 15) is 13.6 Å². The van der Waals surface area contributed by atoms with Crippen LogP contribution in [0, 0.1) is 11.6 Å². The van der Waals surface area contributed by atoms with E-state index in [0.29, 0.717) is 5.56 Å². The van der Waals surface area contributed by atoms with Crippen LogP contribution in [0.25, 0.3) is 0 Å². The molecule has 0 saturated heterocycles. The zero-order valence-electron chi connectivity index (χ0n) is 7.74. The highest BCUT2D eigenvalue weighted by atomic mass is 19.1. The van der Waals surface area contributed by atoms with Gasteiger partial charge in [-0.1, -0.05) is 0 Å². The van der Waals surface area contributed by atoms with E-state index in [1.54, 1.807) is 0 Å². The first-order valence-corrected chi connectivity index (χ1v) is 4.46. The number of carbonyl (C=O) groups is 1. The van der Waals surface area contributed by atoms with Crippen LogP contribution in [-0.2, 0) is 9.53 Å². The van der Waals surface area contributed by atoms with E-state index in [0.717, 1.165) is 6.07 Å².